The molecule has 0 amide bonds. The Bertz CT molecular complexity index is 495. The largest absolute Gasteiger partial charge is 0.494 e. The highest BCUT2D eigenvalue weighted by Crippen LogP contribution is 2.17. The average Bonchev–Trinajstić information content (AvgIpc) is 2.10. The molecule has 0 aliphatic rings. The molecule has 14 heavy (non-hydrogen) atoms. The Labute approximate surface area is 78.0 Å². The van der Waals surface area contributed by atoms with E-state index < -0.39 is 28.5 Å². The predicted molar refractivity (Wildman–Crippen MR) is 45.1 cm³/mol. The summed E-state index contributed by atoms with van der Waals surface area (Å²) in [7, 11) is 0. The molecule has 0 radical (unpaired) electrons. The monoisotopic (exact) mass is 194 g/mol. The van der Waals surface area contributed by atoms with Crippen LogP contribution < -0.4 is 5.56 Å². The number of nitrogens with zero attached hydrogens (tertiary/aromatic N) is 1. The molecule has 0 spiro atoms. The molecule has 0 saturated heterocycles. The quantitative estimate of drug-likeness (QED) is 0.580. The van der Waals surface area contributed by atoms with Crippen LogP contribution in [0.4, 0.5) is 0 Å². The van der Waals surface area contributed by atoms with Gasteiger partial charge in [-0.1, -0.05) is 0 Å². The van der Waals surface area contributed by atoms with Gasteiger partial charge >= 0.3 is 5.97 Å². The molecular formula is C8H6N2O4. The van der Waals surface area contributed by atoms with E-state index in [4.69, 9.17) is 15.5 Å². The van der Waals surface area contributed by atoms with Crippen molar-refractivity contribution in [3.05, 3.63) is 27.0 Å². The Morgan fingerprint density at radius 2 is 2.14 bits per heavy atom. The molecule has 1 aromatic rings. The number of carbonyl (C=O) groups is 1. The van der Waals surface area contributed by atoms with E-state index in [2.05, 4.69) is 0 Å². The summed E-state index contributed by atoms with van der Waals surface area (Å²) in [6.45, 7) is 1.30. The third-order valence-corrected chi connectivity index (χ3v) is 1.76. The SMILES string of the molecule is Cc1c(O)[nH]c(=O)c(C#N)c1C(=O)O. The molecule has 0 aromatic carbocycles. The maximum Gasteiger partial charge on any atom is 0.337 e. The minimum absolute atomic E-state index is 0.0337. The van der Waals surface area contributed by atoms with E-state index in [0.29, 0.717) is 0 Å². The van der Waals surface area contributed by atoms with E-state index in [1.54, 1.807) is 0 Å². The fourth-order valence-corrected chi connectivity index (χ4v) is 1.06. The van der Waals surface area contributed by atoms with Crippen molar-refractivity contribution in [2.24, 2.45) is 0 Å². The molecule has 0 aliphatic heterocycles. The zero-order valence-corrected chi connectivity index (χ0v) is 7.16. The number of aromatic hydroxyl groups is 1. The van der Waals surface area contributed by atoms with Crippen molar-refractivity contribution in [3.8, 4) is 11.9 Å². The number of H-pyrrole nitrogens is 1. The lowest BCUT2D eigenvalue weighted by molar-refractivity contribution is 0.0695. The fraction of sp³-hybridized carbons (Fsp3) is 0.125. The van der Waals surface area contributed by atoms with Crippen LogP contribution in [-0.4, -0.2) is 21.2 Å². The average molecular weight is 194 g/mol. The lowest BCUT2D eigenvalue weighted by atomic mass is 10.1. The van der Waals surface area contributed by atoms with Crippen molar-refractivity contribution in [1.29, 1.82) is 5.26 Å². The van der Waals surface area contributed by atoms with Crippen LogP contribution in [0.1, 0.15) is 21.5 Å². The number of rotatable bonds is 1. The number of pyridine rings is 1. The summed E-state index contributed by atoms with van der Waals surface area (Å²) in [6.07, 6.45) is 0. The van der Waals surface area contributed by atoms with E-state index >= 15 is 0 Å². The van der Waals surface area contributed by atoms with Crippen molar-refractivity contribution in [3.63, 3.8) is 0 Å². The molecule has 3 N–H and O–H groups in total. The number of carboxylic acid groups (broad SMARTS) is 1. The van der Waals surface area contributed by atoms with Crippen molar-refractivity contribution < 1.29 is 15.0 Å². The van der Waals surface area contributed by atoms with E-state index in [1.807, 2.05) is 4.98 Å². The third-order valence-electron chi connectivity index (χ3n) is 1.76. The third kappa shape index (κ3) is 1.31. The molecular weight excluding hydrogens is 188 g/mol. The number of hydrogen-bond acceptors (Lipinski definition) is 4. The molecule has 0 saturated carbocycles. The van der Waals surface area contributed by atoms with Crippen molar-refractivity contribution >= 4 is 5.97 Å². The van der Waals surface area contributed by atoms with E-state index in [9.17, 15) is 9.59 Å². The number of aromatic carboxylic acids is 1. The molecule has 0 fully saturated rings. The van der Waals surface area contributed by atoms with Gasteiger partial charge in [-0.05, 0) is 6.92 Å². The summed E-state index contributed by atoms with van der Waals surface area (Å²) >= 11 is 0. The second-order valence-electron chi connectivity index (χ2n) is 2.59. The molecule has 1 rings (SSSR count). The van der Waals surface area contributed by atoms with Gasteiger partial charge in [0.15, 0.2) is 5.88 Å². The lowest BCUT2D eigenvalue weighted by Crippen LogP contribution is -2.17. The normalized spacial score (nSPS) is 9.43. The van der Waals surface area contributed by atoms with E-state index in [-0.39, 0.29) is 5.56 Å². The van der Waals surface area contributed by atoms with Crippen LogP contribution in [0.3, 0.4) is 0 Å². The maximum atomic E-state index is 11.0. The molecule has 1 aromatic heterocycles. The van der Waals surface area contributed by atoms with E-state index in [1.165, 1.54) is 13.0 Å². The molecule has 72 valence electrons. The lowest BCUT2D eigenvalue weighted by Gasteiger charge is -2.03. The summed E-state index contributed by atoms with van der Waals surface area (Å²) in [4.78, 5) is 23.7. The predicted octanol–water partition coefficient (Wildman–Crippen LogP) is -0.0412. The van der Waals surface area contributed by atoms with Gasteiger partial charge in [0.05, 0.1) is 5.56 Å². The standard InChI is InChI=1S/C8H6N2O4/c1-3-5(8(13)14)4(2-9)7(12)10-6(3)11/h1H3,(H,13,14)(H2,10,11,12). The second-order valence-corrected chi connectivity index (χ2v) is 2.59. The van der Waals surface area contributed by atoms with Crippen LogP contribution in [0.15, 0.2) is 4.79 Å². The molecule has 1 heterocycles. The van der Waals surface area contributed by atoms with Gasteiger partial charge in [-0.3, -0.25) is 9.78 Å². The Balaban J connectivity index is 3.77. The van der Waals surface area contributed by atoms with E-state index in [0.717, 1.165) is 0 Å². The van der Waals surface area contributed by atoms with Crippen molar-refractivity contribution in [2.45, 2.75) is 6.92 Å². The summed E-state index contributed by atoms with van der Waals surface area (Å²) in [5.74, 6) is -1.95. The highest BCUT2D eigenvalue weighted by molar-refractivity contribution is 5.92. The second kappa shape index (κ2) is 3.22. The minimum atomic E-state index is -1.42. The maximum absolute atomic E-state index is 11.0. The molecule has 0 bridgehead atoms. The minimum Gasteiger partial charge on any atom is -0.494 e. The zero-order valence-electron chi connectivity index (χ0n) is 7.16. The number of carboxylic acids is 1. The number of aromatic nitrogens is 1. The summed E-state index contributed by atoms with van der Waals surface area (Å²) in [6, 6.07) is 1.48. The van der Waals surface area contributed by atoms with Crippen LogP contribution in [0.25, 0.3) is 0 Å². The van der Waals surface area contributed by atoms with Crippen molar-refractivity contribution in [2.75, 3.05) is 0 Å². The van der Waals surface area contributed by atoms with Crippen LogP contribution in [0.5, 0.6) is 5.88 Å². The van der Waals surface area contributed by atoms with Gasteiger partial charge in [0, 0.05) is 5.56 Å². The molecule has 0 unspecified atom stereocenters. The van der Waals surface area contributed by atoms with Gasteiger partial charge < -0.3 is 10.2 Å². The highest BCUT2D eigenvalue weighted by atomic mass is 16.4. The first-order chi connectivity index (χ1) is 6.49. The summed E-state index contributed by atoms with van der Waals surface area (Å²) in [5, 5.41) is 26.4. The highest BCUT2D eigenvalue weighted by Gasteiger charge is 2.19. The smallest absolute Gasteiger partial charge is 0.337 e. The van der Waals surface area contributed by atoms with Gasteiger partial charge in [0.1, 0.15) is 11.6 Å². The molecule has 6 heteroatoms. The van der Waals surface area contributed by atoms with Gasteiger partial charge in [0.2, 0.25) is 0 Å². The molecule has 6 nitrogen and oxygen atoms in total. The van der Waals surface area contributed by atoms with Gasteiger partial charge in [0.25, 0.3) is 5.56 Å². The van der Waals surface area contributed by atoms with Crippen LogP contribution in [0, 0.1) is 18.3 Å². The molecule has 0 atom stereocenters. The Kier molecular flexibility index (Phi) is 2.25. The first-order valence-corrected chi connectivity index (χ1v) is 3.58. The Morgan fingerprint density at radius 3 is 2.57 bits per heavy atom. The van der Waals surface area contributed by atoms with Gasteiger partial charge in [-0.2, -0.15) is 5.26 Å². The Morgan fingerprint density at radius 1 is 1.57 bits per heavy atom. The first-order valence-electron chi connectivity index (χ1n) is 3.58. The van der Waals surface area contributed by atoms with Crippen LogP contribution in [-0.2, 0) is 0 Å². The number of nitriles is 1. The van der Waals surface area contributed by atoms with Crippen LogP contribution >= 0.6 is 0 Å². The van der Waals surface area contributed by atoms with Crippen molar-refractivity contribution in [1.82, 2.24) is 4.98 Å². The van der Waals surface area contributed by atoms with Crippen LogP contribution in [0.2, 0.25) is 0 Å². The fourth-order valence-electron chi connectivity index (χ4n) is 1.06. The number of hydrogen-bond donors (Lipinski definition) is 3. The van der Waals surface area contributed by atoms with Gasteiger partial charge in [-0.15, -0.1) is 0 Å². The summed E-state index contributed by atoms with van der Waals surface area (Å²) in [5.41, 5.74) is -1.91. The number of nitrogens with one attached hydrogen (secondary N) is 1. The van der Waals surface area contributed by atoms with Gasteiger partial charge in [-0.25, -0.2) is 4.79 Å². The first kappa shape index (κ1) is 9.80. The number of aromatic amines is 1. The Hall–Kier alpha value is -2.29. The molecule has 0 aliphatic carbocycles. The topological polar surface area (TPSA) is 114 Å². The summed E-state index contributed by atoms with van der Waals surface area (Å²) < 4.78 is 0. The zero-order chi connectivity index (χ0) is 10.9.